The van der Waals surface area contributed by atoms with Gasteiger partial charge in [0.2, 0.25) is 0 Å². The van der Waals surface area contributed by atoms with Gasteiger partial charge in [-0.25, -0.2) is 0 Å². The average Bonchev–Trinajstić information content (AvgIpc) is 2.74. The zero-order valence-electron chi connectivity index (χ0n) is 10.5. The number of rotatable bonds is 4. The highest BCUT2D eigenvalue weighted by atomic mass is 16.5. The molecule has 0 saturated heterocycles. The predicted molar refractivity (Wildman–Crippen MR) is 70.1 cm³/mol. The number of benzene rings is 1. The van der Waals surface area contributed by atoms with Crippen LogP contribution in [0.4, 0.5) is 0 Å². The summed E-state index contributed by atoms with van der Waals surface area (Å²) in [7, 11) is 1.57. The van der Waals surface area contributed by atoms with E-state index in [-0.39, 0.29) is 5.84 Å². The van der Waals surface area contributed by atoms with Crippen molar-refractivity contribution in [1.82, 2.24) is 9.78 Å². The van der Waals surface area contributed by atoms with Crippen LogP contribution >= 0.6 is 0 Å². The molecule has 0 aliphatic rings. The summed E-state index contributed by atoms with van der Waals surface area (Å²) < 4.78 is 7.02. The Hall–Kier alpha value is -2.30. The van der Waals surface area contributed by atoms with Crippen LogP contribution in [0.25, 0.3) is 0 Å². The Balaban J connectivity index is 2.29. The van der Waals surface area contributed by atoms with Crippen molar-refractivity contribution < 1.29 is 4.74 Å². The molecule has 2 rings (SSSR count). The minimum Gasteiger partial charge on any atom is -0.496 e. The van der Waals surface area contributed by atoms with Crippen LogP contribution in [-0.2, 0) is 6.54 Å². The maximum atomic E-state index is 7.54. The SMILES string of the molecule is COc1ccc(Cn2ccc(C)n2)cc1C(=N)N. The van der Waals surface area contributed by atoms with Crippen molar-refractivity contribution >= 4 is 5.84 Å². The summed E-state index contributed by atoms with van der Waals surface area (Å²) in [5.41, 5.74) is 8.16. The molecule has 0 amide bonds. The van der Waals surface area contributed by atoms with E-state index in [0.29, 0.717) is 17.9 Å². The maximum absolute atomic E-state index is 7.54. The molecule has 1 aromatic carbocycles. The number of nitrogens with one attached hydrogen (secondary N) is 1. The molecule has 0 aliphatic heterocycles. The maximum Gasteiger partial charge on any atom is 0.129 e. The number of nitrogens with two attached hydrogens (primary N) is 1. The number of nitrogens with zero attached hydrogens (tertiary/aromatic N) is 2. The molecule has 0 saturated carbocycles. The molecule has 5 nitrogen and oxygen atoms in total. The second-order valence-electron chi connectivity index (χ2n) is 4.10. The van der Waals surface area contributed by atoms with Gasteiger partial charge in [0.05, 0.1) is 24.9 Å². The second kappa shape index (κ2) is 4.91. The molecule has 0 atom stereocenters. The fourth-order valence-electron chi connectivity index (χ4n) is 1.80. The average molecular weight is 244 g/mol. The highest BCUT2D eigenvalue weighted by Gasteiger charge is 2.07. The molecule has 18 heavy (non-hydrogen) atoms. The highest BCUT2D eigenvalue weighted by Crippen LogP contribution is 2.19. The summed E-state index contributed by atoms with van der Waals surface area (Å²) in [5.74, 6) is 0.619. The van der Waals surface area contributed by atoms with E-state index < -0.39 is 0 Å². The molecule has 0 radical (unpaired) electrons. The number of amidine groups is 1. The van der Waals surface area contributed by atoms with E-state index in [9.17, 15) is 0 Å². The van der Waals surface area contributed by atoms with Gasteiger partial charge in [-0.1, -0.05) is 6.07 Å². The third kappa shape index (κ3) is 2.51. The van der Waals surface area contributed by atoms with Crippen molar-refractivity contribution in [2.75, 3.05) is 7.11 Å². The Morgan fingerprint density at radius 3 is 2.78 bits per heavy atom. The normalized spacial score (nSPS) is 10.3. The van der Waals surface area contributed by atoms with Crippen LogP contribution in [0, 0.1) is 12.3 Å². The zero-order valence-corrected chi connectivity index (χ0v) is 10.5. The van der Waals surface area contributed by atoms with Gasteiger partial charge in [-0.3, -0.25) is 10.1 Å². The fourth-order valence-corrected chi connectivity index (χ4v) is 1.80. The van der Waals surface area contributed by atoms with Crippen molar-refractivity contribution in [3.05, 3.63) is 47.3 Å². The summed E-state index contributed by atoms with van der Waals surface area (Å²) >= 11 is 0. The third-order valence-corrected chi connectivity index (χ3v) is 2.67. The first-order chi connectivity index (χ1) is 8.60. The number of methoxy groups -OCH3 is 1. The quantitative estimate of drug-likeness (QED) is 0.632. The van der Waals surface area contributed by atoms with Crippen LogP contribution in [0.1, 0.15) is 16.8 Å². The Kier molecular flexibility index (Phi) is 3.32. The van der Waals surface area contributed by atoms with Gasteiger partial charge >= 0.3 is 0 Å². The lowest BCUT2D eigenvalue weighted by atomic mass is 10.1. The van der Waals surface area contributed by atoms with Crippen LogP contribution in [0.15, 0.2) is 30.5 Å². The molecular formula is C13H16N4O. The topological polar surface area (TPSA) is 76.9 Å². The van der Waals surface area contributed by atoms with Gasteiger partial charge in [0.25, 0.3) is 0 Å². The molecule has 0 unspecified atom stereocenters. The minimum atomic E-state index is 0.00495. The molecule has 1 aromatic heterocycles. The zero-order chi connectivity index (χ0) is 13.1. The Labute approximate surface area is 106 Å². The van der Waals surface area contributed by atoms with Crippen LogP contribution in [0.2, 0.25) is 0 Å². The summed E-state index contributed by atoms with van der Waals surface area (Å²) in [4.78, 5) is 0. The first-order valence-corrected chi connectivity index (χ1v) is 5.61. The van der Waals surface area contributed by atoms with E-state index in [1.54, 1.807) is 7.11 Å². The predicted octanol–water partition coefficient (Wildman–Crippen LogP) is 1.53. The fraction of sp³-hybridized carbons (Fsp3) is 0.231. The van der Waals surface area contributed by atoms with E-state index in [2.05, 4.69) is 5.10 Å². The molecule has 0 spiro atoms. The summed E-state index contributed by atoms with van der Waals surface area (Å²) in [6.45, 7) is 2.60. The van der Waals surface area contributed by atoms with E-state index in [1.807, 2.05) is 42.1 Å². The molecule has 5 heteroatoms. The molecule has 1 heterocycles. The van der Waals surface area contributed by atoms with Gasteiger partial charge in [-0.2, -0.15) is 5.10 Å². The van der Waals surface area contributed by atoms with Gasteiger partial charge in [-0.05, 0) is 30.7 Å². The van der Waals surface area contributed by atoms with Crippen LogP contribution < -0.4 is 10.5 Å². The minimum absolute atomic E-state index is 0.00495. The van der Waals surface area contributed by atoms with Gasteiger partial charge < -0.3 is 10.5 Å². The summed E-state index contributed by atoms with van der Waals surface area (Å²) in [5, 5.41) is 11.9. The van der Waals surface area contributed by atoms with E-state index >= 15 is 0 Å². The number of hydrogen-bond acceptors (Lipinski definition) is 3. The second-order valence-corrected chi connectivity index (χ2v) is 4.10. The van der Waals surface area contributed by atoms with Crippen LogP contribution in [0.5, 0.6) is 5.75 Å². The first-order valence-electron chi connectivity index (χ1n) is 5.61. The lowest BCUT2D eigenvalue weighted by molar-refractivity contribution is 0.413. The van der Waals surface area contributed by atoms with Gasteiger partial charge in [0, 0.05) is 6.20 Å². The molecule has 0 bridgehead atoms. The number of hydrogen-bond donors (Lipinski definition) is 2. The van der Waals surface area contributed by atoms with Gasteiger partial charge in [0.15, 0.2) is 0 Å². The smallest absolute Gasteiger partial charge is 0.129 e. The van der Waals surface area contributed by atoms with Crippen LogP contribution in [0.3, 0.4) is 0 Å². The third-order valence-electron chi connectivity index (χ3n) is 2.67. The summed E-state index contributed by atoms with van der Waals surface area (Å²) in [6.07, 6.45) is 1.92. The van der Waals surface area contributed by atoms with Crippen molar-refractivity contribution in [3.63, 3.8) is 0 Å². The number of aromatic nitrogens is 2. The van der Waals surface area contributed by atoms with E-state index in [1.165, 1.54) is 0 Å². The van der Waals surface area contributed by atoms with Crippen molar-refractivity contribution in [3.8, 4) is 5.75 Å². The first kappa shape index (κ1) is 12.2. The molecule has 0 fully saturated rings. The lowest BCUT2D eigenvalue weighted by Gasteiger charge is -2.09. The Bertz CT molecular complexity index is 574. The van der Waals surface area contributed by atoms with E-state index in [0.717, 1.165) is 11.3 Å². The lowest BCUT2D eigenvalue weighted by Crippen LogP contribution is -2.13. The number of ether oxygens (including phenoxy) is 1. The molecule has 0 aliphatic carbocycles. The number of aryl methyl sites for hydroxylation is 1. The molecule has 2 aromatic rings. The standard InChI is InChI=1S/C13H16N4O/c1-9-5-6-17(16-9)8-10-3-4-12(18-2)11(7-10)13(14)15/h3-7H,8H2,1-2H3,(H3,14,15). The molecule has 94 valence electrons. The Morgan fingerprint density at radius 1 is 1.44 bits per heavy atom. The van der Waals surface area contributed by atoms with Gasteiger partial charge in [-0.15, -0.1) is 0 Å². The molecular weight excluding hydrogens is 228 g/mol. The van der Waals surface area contributed by atoms with Crippen molar-refractivity contribution in [2.24, 2.45) is 5.73 Å². The summed E-state index contributed by atoms with van der Waals surface area (Å²) in [6, 6.07) is 7.58. The highest BCUT2D eigenvalue weighted by molar-refractivity contribution is 5.97. The van der Waals surface area contributed by atoms with Crippen molar-refractivity contribution in [1.29, 1.82) is 5.41 Å². The Morgan fingerprint density at radius 2 is 2.22 bits per heavy atom. The monoisotopic (exact) mass is 244 g/mol. The van der Waals surface area contributed by atoms with E-state index in [4.69, 9.17) is 15.9 Å². The van der Waals surface area contributed by atoms with Crippen LogP contribution in [-0.4, -0.2) is 22.7 Å². The van der Waals surface area contributed by atoms with Gasteiger partial charge in [0.1, 0.15) is 11.6 Å². The molecule has 3 N–H and O–H groups in total. The van der Waals surface area contributed by atoms with Crippen molar-refractivity contribution in [2.45, 2.75) is 13.5 Å². The largest absolute Gasteiger partial charge is 0.496 e. The number of nitrogen functional groups attached to an aromatic ring is 1.